The fourth-order valence-electron chi connectivity index (χ4n) is 3.26. The molecule has 0 bridgehead atoms. The summed E-state index contributed by atoms with van der Waals surface area (Å²) in [5.74, 6) is -0.929. The lowest BCUT2D eigenvalue weighted by Crippen LogP contribution is -2.21. The van der Waals surface area contributed by atoms with E-state index in [2.05, 4.69) is 15.4 Å². The van der Waals surface area contributed by atoms with Gasteiger partial charge in [-0.3, -0.25) is 10.1 Å². The Balaban J connectivity index is 1.90. The number of non-ortho nitro benzene ring substituents is 1. The zero-order chi connectivity index (χ0) is 26.5. The molecule has 13 heteroatoms. The summed E-state index contributed by atoms with van der Waals surface area (Å²) in [6, 6.07) is 12.3. The molecule has 0 fully saturated rings. The molecule has 3 aromatic rings. The lowest BCUT2D eigenvalue weighted by molar-refractivity contribution is -0.384. The normalized spacial score (nSPS) is 11.0. The number of carbonyl (C=O) groups is 1. The number of thiocarbonyl (C=S) groups is 1. The van der Waals surface area contributed by atoms with Gasteiger partial charge in [0.15, 0.2) is 11.7 Å². The van der Waals surface area contributed by atoms with Crippen LogP contribution in [0.3, 0.4) is 0 Å². The van der Waals surface area contributed by atoms with Crippen molar-refractivity contribution < 1.29 is 32.4 Å². The molecule has 0 spiro atoms. The quantitative estimate of drug-likeness (QED) is 0.144. The summed E-state index contributed by atoms with van der Waals surface area (Å²) in [4.78, 5) is 24.1. The molecule has 0 radical (unpaired) electrons. The molecule has 0 saturated carbocycles. The van der Waals surface area contributed by atoms with Crippen LogP contribution < -0.4 is 15.4 Å². The number of nitro groups is 1. The van der Waals surface area contributed by atoms with Crippen LogP contribution in [0.4, 0.5) is 29.5 Å². The molecule has 3 rings (SSSR count). The van der Waals surface area contributed by atoms with Crippen LogP contribution in [0.5, 0.6) is 5.75 Å². The summed E-state index contributed by atoms with van der Waals surface area (Å²) < 4.78 is 47.5. The second kappa shape index (κ2) is 11.4. The Labute approximate surface area is 213 Å². The van der Waals surface area contributed by atoms with E-state index in [1.165, 1.54) is 11.3 Å². The van der Waals surface area contributed by atoms with E-state index in [1.54, 1.807) is 6.92 Å². The van der Waals surface area contributed by atoms with Crippen molar-refractivity contribution in [1.82, 2.24) is 0 Å². The number of halogens is 3. The number of aryl methyl sites for hydroxylation is 1. The third kappa shape index (κ3) is 6.92. The summed E-state index contributed by atoms with van der Waals surface area (Å²) >= 11 is 6.57. The van der Waals surface area contributed by atoms with Crippen LogP contribution >= 0.6 is 23.6 Å². The van der Waals surface area contributed by atoms with E-state index in [0.29, 0.717) is 10.6 Å². The van der Waals surface area contributed by atoms with E-state index in [1.807, 2.05) is 37.3 Å². The first-order valence-electron chi connectivity index (χ1n) is 10.4. The molecule has 2 N–H and O–H groups in total. The molecule has 0 amide bonds. The minimum absolute atomic E-state index is 0.0214. The minimum Gasteiger partial charge on any atom is -0.484 e. The largest absolute Gasteiger partial charge is 0.484 e. The van der Waals surface area contributed by atoms with Crippen LogP contribution in [0.2, 0.25) is 0 Å². The third-order valence-corrected chi connectivity index (χ3v) is 5.84. The van der Waals surface area contributed by atoms with Gasteiger partial charge >= 0.3 is 12.1 Å². The van der Waals surface area contributed by atoms with Crippen molar-refractivity contribution in [3.05, 3.63) is 69.1 Å². The lowest BCUT2D eigenvalue weighted by atomic mass is 10.0. The average molecular weight is 540 g/mol. The van der Waals surface area contributed by atoms with Crippen molar-refractivity contribution in [3.8, 4) is 16.9 Å². The molecule has 0 saturated heterocycles. The molecule has 36 heavy (non-hydrogen) atoms. The minimum atomic E-state index is -4.62. The number of hydrogen-bond acceptors (Lipinski definition) is 7. The number of nitrogens with zero attached hydrogens (tertiary/aromatic N) is 1. The first-order valence-corrected chi connectivity index (χ1v) is 11.6. The molecule has 0 aliphatic carbocycles. The molecule has 0 aliphatic heterocycles. The molecular formula is C23H20F3N3O5S2. The summed E-state index contributed by atoms with van der Waals surface area (Å²) in [7, 11) is 0. The highest BCUT2D eigenvalue weighted by atomic mass is 32.1. The first kappa shape index (κ1) is 26.9. The molecule has 1 aromatic heterocycles. The molecule has 8 nitrogen and oxygen atoms in total. The van der Waals surface area contributed by atoms with E-state index in [4.69, 9.17) is 17.0 Å². The zero-order valence-corrected chi connectivity index (χ0v) is 20.6. The van der Waals surface area contributed by atoms with Crippen molar-refractivity contribution >= 4 is 51.0 Å². The van der Waals surface area contributed by atoms with Crippen molar-refractivity contribution in [2.45, 2.75) is 20.0 Å². The molecular weight excluding hydrogens is 519 g/mol. The van der Waals surface area contributed by atoms with Gasteiger partial charge in [-0.2, -0.15) is 13.2 Å². The van der Waals surface area contributed by atoms with Crippen molar-refractivity contribution in [2.75, 3.05) is 23.8 Å². The Kier molecular flexibility index (Phi) is 8.48. The maximum absolute atomic E-state index is 12.8. The fraction of sp³-hybridized carbons (Fsp3) is 0.217. The maximum Gasteiger partial charge on any atom is 0.422 e. The highest BCUT2D eigenvalue weighted by Crippen LogP contribution is 2.40. The summed E-state index contributed by atoms with van der Waals surface area (Å²) in [5, 5.41) is 17.2. The summed E-state index contributed by atoms with van der Waals surface area (Å²) in [6.07, 6.45) is -4.62. The predicted octanol–water partition coefficient (Wildman–Crippen LogP) is 6.56. The number of alkyl halides is 3. The number of esters is 1. The van der Waals surface area contributed by atoms with Gasteiger partial charge in [0.25, 0.3) is 5.69 Å². The second-order valence-electron chi connectivity index (χ2n) is 7.28. The monoisotopic (exact) mass is 539 g/mol. The topological polar surface area (TPSA) is 103 Å². The number of benzene rings is 2. The number of ether oxygens (including phenoxy) is 2. The molecule has 1 heterocycles. The number of carbonyl (C=O) groups excluding carboxylic acids is 1. The molecule has 2 aromatic carbocycles. The first-order chi connectivity index (χ1) is 17.0. The Morgan fingerprint density at radius 1 is 1.17 bits per heavy atom. The SMILES string of the molecule is CCOC(=O)c1c(NC(=S)Nc2cc(OCC(F)(F)F)cc([N+](=O)[O-])c2)sc(C)c1-c1ccccc1. The van der Waals surface area contributed by atoms with Gasteiger partial charge in [-0.05, 0) is 31.6 Å². The summed E-state index contributed by atoms with van der Waals surface area (Å²) in [5.41, 5.74) is 1.26. The van der Waals surface area contributed by atoms with Gasteiger partial charge < -0.3 is 20.1 Å². The van der Waals surface area contributed by atoms with E-state index in [0.717, 1.165) is 28.6 Å². The van der Waals surface area contributed by atoms with Gasteiger partial charge in [0.1, 0.15) is 16.3 Å². The van der Waals surface area contributed by atoms with Crippen LogP contribution in [0.1, 0.15) is 22.2 Å². The number of hydrogen-bond donors (Lipinski definition) is 2. The van der Waals surface area contributed by atoms with E-state index < -0.39 is 29.4 Å². The van der Waals surface area contributed by atoms with Gasteiger partial charge in [0, 0.05) is 22.6 Å². The lowest BCUT2D eigenvalue weighted by Gasteiger charge is -2.13. The van der Waals surface area contributed by atoms with Gasteiger partial charge in [-0.25, -0.2) is 4.79 Å². The second-order valence-corrected chi connectivity index (χ2v) is 8.91. The fourth-order valence-corrected chi connectivity index (χ4v) is 4.61. The van der Waals surface area contributed by atoms with E-state index >= 15 is 0 Å². The number of thiophene rings is 1. The van der Waals surface area contributed by atoms with Crippen molar-refractivity contribution in [1.29, 1.82) is 0 Å². The zero-order valence-electron chi connectivity index (χ0n) is 19.0. The van der Waals surface area contributed by atoms with Gasteiger partial charge in [-0.1, -0.05) is 30.3 Å². The number of anilines is 2. The number of rotatable bonds is 8. The highest BCUT2D eigenvalue weighted by Gasteiger charge is 2.29. The maximum atomic E-state index is 12.8. The highest BCUT2D eigenvalue weighted by molar-refractivity contribution is 7.80. The van der Waals surface area contributed by atoms with Gasteiger partial charge in [-0.15, -0.1) is 11.3 Å². The van der Waals surface area contributed by atoms with E-state index in [-0.39, 0.29) is 28.7 Å². The Hall–Kier alpha value is -3.71. The van der Waals surface area contributed by atoms with Gasteiger partial charge in [0.05, 0.1) is 23.3 Å². The third-order valence-electron chi connectivity index (χ3n) is 4.62. The Bertz CT molecular complexity index is 1280. The number of nitrogens with one attached hydrogen (secondary N) is 2. The van der Waals surface area contributed by atoms with Crippen LogP contribution in [0.15, 0.2) is 48.5 Å². The van der Waals surface area contributed by atoms with Crippen molar-refractivity contribution in [2.24, 2.45) is 0 Å². The molecule has 190 valence electrons. The van der Waals surface area contributed by atoms with Crippen LogP contribution in [0.25, 0.3) is 11.1 Å². The van der Waals surface area contributed by atoms with Crippen LogP contribution in [-0.2, 0) is 4.74 Å². The molecule has 0 aliphatic rings. The van der Waals surface area contributed by atoms with Gasteiger partial charge in [0.2, 0.25) is 0 Å². The van der Waals surface area contributed by atoms with E-state index in [9.17, 15) is 28.1 Å². The van der Waals surface area contributed by atoms with Crippen LogP contribution in [0, 0.1) is 17.0 Å². The Morgan fingerprint density at radius 2 is 1.86 bits per heavy atom. The van der Waals surface area contributed by atoms with Crippen molar-refractivity contribution in [3.63, 3.8) is 0 Å². The number of nitro benzene ring substituents is 1. The standard InChI is InChI=1S/C23H20F3N3O5S2/c1-3-33-21(30)19-18(14-7-5-4-6-8-14)13(2)36-20(19)28-22(35)27-15-9-16(29(31)32)11-17(10-15)34-12-23(24,25)26/h4-11H,3,12H2,1-2H3,(H2,27,28,35). The van der Waals surface area contributed by atoms with Crippen LogP contribution in [-0.4, -0.2) is 35.4 Å². The predicted molar refractivity (Wildman–Crippen MR) is 135 cm³/mol. The average Bonchev–Trinajstić information content (AvgIpc) is 3.13. The molecule has 0 unspecified atom stereocenters. The molecule has 0 atom stereocenters. The summed E-state index contributed by atoms with van der Waals surface area (Å²) in [6.45, 7) is 2.05. The smallest absolute Gasteiger partial charge is 0.422 e. The Morgan fingerprint density at radius 3 is 2.47 bits per heavy atom.